The number of ether oxygens (including phenoxy) is 3. The minimum absolute atomic E-state index is 0.0837. The smallest absolute Gasteiger partial charge is 0.303 e. The van der Waals surface area contributed by atoms with Gasteiger partial charge in [0, 0.05) is 19.3 Å². The quantitative estimate of drug-likeness (QED) is 0.440. The largest absolute Gasteiger partial charge is 0.458 e. The molecule has 3 rings (SSSR count). The highest BCUT2D eigenvalue weighted by Crippen LogP contribution is 2.64. The third kappa shape index (κ3) is 2.67. The van der Waals surface area contributed by atoms with Crippen LogP contribution in [0.3, 0.4) is 0 Å². The first-order chi connectivity index (χ1) is 11.2. The summed E-state index contributed by atoms with van der Waals surface area (Å²) in [5.74, 6) is -0.215. The lowest BCUT2D eigenvalue weighted by atomic mass is 9.58. The normalized spacial score (nSPS) is 44.1. The molecule has 0 aromatic rings. The highest BCUT2D eigenvalue weighted by Gasteiger charge is 2.69. The molecule has 1 saturated heterocycles. The van der Waals surface area contributed by atoms with Gasteiger partial charge in [0.25, 0.3) is 0 Å². The van der Waals surface area contributed by atoms with Crippen LogP contribution in [-0.4, -0.2) is 35.9 Å². The fraction of sp³-hybridized carbons (Fsp3) is 0.789. The van der Waals surface area contributed by atoms with Crippen LogP contribution in [-0.2, 0) is 23.8 Å². The molecule has 0 N–H and O–H groups in total. The van der Waals surface area contributed by atoms with Crippen molar-refractivity contribution in [2.75, 3.05) is 0 Å². The summed E-state index contributed by atoms with van der Waals surface area (Å²) in [6.07, 6.45) is 5.23. The van der Waals surface area contributed by atoms with E-state index >= 15 is 0 Å². The van der Waals surface area contributed by atoms with Crippen molar-refractivity contribution in [3.05, 3.63) is 11.6 Å². The van der Waals surface area contributed by atoms with Crippen LogP contribution in [0.4, 0.5) is 0 Å². The highest BCUT2D eigenvalue weighted by atomic mass is 16.6. The standard InChI is InChI=1S/C19H28O5/c1-11-10-18(5)12(2)6-7-16-19(18,24-16)9-8-15(22-13(3)20)17(11)23-14(4)21/h10,12,15-17H,6-9H2,1-5H3/t12-,15-,16+,17+,18+,19+/m0/s1. The van der Waals surface area contributed by atoms with E-state index in [9.17, 15) is 9.59 Å². The molecule has 1 spiro atoms. The molecule has 0 aromatic carbocycles. The third-order valence-electron chi connectivity index (χ3n) is 6.34. The van der Waals surface area contributed by atoms with Gasteiger partial charge in [-0.1, -0.05) is 19.9 Å². The predicted molar refractivity (Wildman–Crippen MR) is 88.2 cm³/mol. The van der Waals surface area contributed by atoms with E-state index in [-0.39, 0.29) is 23.0 Å². The molecule has 2 fully saturated rings. The molecule has 5 heteroatoms. The molecule has 134 valence electrons. The Bertz CT molecular complexity index is 582. The summed E-state index contributed by atoms with van der Waals surface area (Å²) in [7, 11) is 0. The van der Waals surface area contributed by atoms with Crippen LogP contribution in [0.25, 0.3) is 0 Å². The van der Waals surface area contributed by atoms with E-state index in [2.05, 4.69) is 19.9 Å². The van der Waals surface area contributed by atoms with Crippen molar-refractivity contribution >= 4 is 11.9 Å². The Labute approximate surface area is 143 Å². The predicted octanol–water partition coefficient (Wildman–Crippen LogP) is 3.16. The van der Waals surface area contributed by atoms with Gasteiger partial charge < -0.3 is 14.2 Å². The molecule has 0 bridgehead atoms. The number of carbonyl (C=O) groups excluding carboxylic acids is 2. The van der Waals surface area contributed by atoms with Crippen LogP contribution in [0.1, 0.15) is 60.3 Å². The molecule has 0 aromatic heterocycles. The van der Waals surface area contributed by atoms with Crippen molar-refractivity contribution < 1.29 is 23.8 Å². The fourth-order valence-corrected chi connectivity index (χ4v) is 4.90. The monoisotopic (exact) mass is 336 g/mol. The maximum Gasteiger partial charge on any atom is 0.303 e. The van der Waals surface area contributed by atoms with Gasteiger partial charge in [0.15, 0.2) is 6.10 Å². The second kappa shape index (κ2) is 5.87. The van der Waals surface area contributed by atoms with E-state index < -0.39 is 12.2 Å². The minimum atomic E-state index is -0.521. The first kappa shape index (κ1) is 17.5. The van der Waals surface area contributed by atoms with Gasteiger partial charge in [-0.3, -0.25) is 9.59 Å². The summed E-state index contributed by atoms with van der Waals surface area (Å²) >= 11 is 0. The summed E-state index contributed by atoms with van der Waals surface area (Å²) in [5.41, 5.74) is 0.700. The van der Waals surface area contributed by atoms with Crippen molar-refractivity contribution in [1.29, 1.82) is 0 Å². The van der Waals surface area contributed by atoms with Crippen LogP contribution < -0.4 is 0 Å². The van der Waals surface area contributed by atoms with Crippen LogP contribution in [0.5, 0.6) is 0 Å². The number of hydrogen-bond acceptors (Lipinski definition) is 5. The molecular weight excluding hydrogens is 308 g/mol. The number of rotatable bonds is 2. The van der Waals surface area contributed by atoms with Gasteiger partial charge in [0.1, 0.15) is 11.7 Å². The second-order valence-corrected chi connectivity index (χ2v) is 7.86. The zero-order chi connectivity index (χ0) is 17.7. The summed E-state index contributed by atoms with van der Waals surface area (Å²) in [6.45, 7) is 9.29. The lowest BCUT2D eigenvalue weighted by Gasteiger charge is -2.45. The Hall–Kier alpha value is -1.36. The molecule has 0 radical (unpaired) electrons. The molecule has 1 saturated carbocycles. The average molecular weight is 336 g/mol. The summed E-state index contributed by atoms with van der Waals surface area (Å²) in [4.78, 5) is 23.1. The minimum Gasteiger partial charge on any atom is -0.458 e. The molecule has 24 heavy (non-hydrogen) atoms. The Morgan fingerprint density at radius 3 is 2.46 bits per heavy atom. The zero-order valence-electron chi connectivity index (χ0n) is 15.3. The van der Waals surface area contributed by atoms with Crippen LogP contribution in [0.2, 0.25) is 0 Å². The maximum absolute atomic E-state index is 11.6. The number of epoxide rings is 1. The number of esters is 2. The molecule has 1 aliphatic heterocycles. The lowest BCUT2D eigenvalue weighted by molar-refractivity contribution is -0.163. The van der Waals surface area contributed by atoms with Crippen LogP contribution >= 0.6 is 0 Å². The van der Waals surface area contributed by atoms with Gasteiger partial charge in [-0.15, -0.1) is 0 Å². The Morgan fingerprint density at radius 1 is 1.17 bits per heavy atom. The van der Waals surface area contributed by atoms with Gasteiger partial charge >= 0.3 is 11.9 Å². The van der Waals surface area contributed by atoms with Crippen molar-refractivity contribution in [3.63, 3.8) is 0 Å². The van der Waals surface area contributed by atoms with Gasteiger partial charge in [-0.25, -0.2) is 0 Å². The summed E-state index contributed by atoms with van der Waals surface area (Å²) in [6, 6.07) is 0. The van der Waals surface area contributed by atoms with E-state index in [0.717, 1.165) is 24.8 Å². The van der Waals surface area contributed by atoms with E-state index in [1.165, 1.54) is 13.8 Å². The van der Waals surface area contributed by atoms with E-state index in [0.29, 0.717) is 18.4 Å². The zero-order valence-corrected chi connectivity index (χ0v) is 15.3. The Morgan fingerprint density at radius 2 is 1.83 bits per heavy atom. The van der Waals surface area contributed by atoms with Crippen molar-refractivity contribution in [2.24, 2.45) is 11.3 Å². The SMILES string of the molecule is CC(=O)O[C@H]1CC[C@@]23O[C@@H]2CC[C@H](C)[C@@]3(C)C=C(C)[C@H]1OC(C)=O. The Kier molecular flexibility index (Phi) is 4.27. The van der Waals surface area contributed by atoms with E-state index in [4.69, 9.17) is 14.2 Å². The van der Waals surface area contributed by atoms with Gasteiger partial charge in [0.05, 0.1) is 6.10 Å². The van der Waals surface area contributed by atoms with Crippen molar-refractivity contribution in [1.82, 2.24) is 0 Å². The molecular formula is C19H28O5. The first-order valence-corrected chi connectivity index (χ1v) is 8.91. The van der Waals surface area contributed by atoms with Gasteiger partial charge in [0.2, 0.25) is 0 Å². The maximum atomic E-state index is 11.6. The van der Waals surface area contributed by atoms with Crippen LogP contribution in [0, 0.1) is 11.3 Å². The molecule has 3 aliphatic rings. The molecule has 5 nitrogen and oxygen atoms in total. The van der Waals surface area contributed by atoms with E-state index in [1.54, 1.807) is 0 Å². The molecule has 0 unspecified atom stereocenters. The molecule has 1 heterocycles. The molecule has 6 atom stereocenters. The first-order valence-electron chi connectivity index (χ1n) is 8.91. The topological polar surface area (TPSA) is 65.1 Å². The average Bonchev–Trinajstić information content (AvgIpc) is 3.20. The second-order valence-electron chi connectivity index (χ2n) is 7.86. The summed E-state index contributed by atoms with van der Waals surface area (Å²) < 4.78 is 17.2. The highest BCUT2D eigenvalue weighted by molar-refractivity contribution is 5.67. The number of hydrogen-bond donors (Lipinski definition) is 0. The van der Waals surface area contributed by atoms with Gasteiger partial charge in [-0.2, -0.15) is 0 Å². The summed E-state index contributed by atoms with van der Waals surface area (Å²) in [5, 5.41) is 0. The van der Waals surface area contributed by atoms with Crippen LogP contribution in [0.15, 0.2) is 11.6 Å². The molecule has 0 amide bonds. The molecule has 2 aliphatic carbocycles. The Balaban J connectivity index is 1.99. The lowest BCUT2D eigenvalue weighted by Crippen LogP contribution is -2.48. The fourth-order valence-electron chi connectivity index (χ4n) is 4.90. The van der Waals surface area contributed by atoms with Crippen molar-refractivity contribution in [2.45, 2.75) is 84.2 Å². The third-order valence-corrected chi connectivity index (χ3v) is 6.34. The number of carbonyl (C=O) groups is 2. The van der Waals surface area contributed by atoms with E-state index in [1.807, 2.05) is 6.92 Å². The van der Waals surface area contributed by atoms with Crippen molar-refractivity contribution in [3.8, 4) is 0 Å². The van der Waals surface area contributed by atoms with Gasteiger partial charge in [-0.05, 0) is 44.1 Å².